The fraction of sp³-hybridized carbons (Fsp3) is 0.208. The van der Waals surface area contributed by atoms with Crippen molar-refractivity contribution in [3.8, 4) is 17.2 Å². The van der Waals surface area contributed by atoms with E-state index in [0.29, 0.717) is 40.6 Å². The van der Waals surface area contributed by atoms with E-state index in [-0.39, 0.29) is 12.3 Å². The normalized spacial score (nSPS) is 11.5. The molecule has 0 unspecified atom stereocenters. The van der Waals surface area contributed by atoms with Crippen LogP contribution in [-0.2, 0) is 6.42 Å². The van der Waals surface area contributed by atoms with Crippen LogP contribution in [0.5, 0.6) is 0 Å². The van der Waals surface area contributed by atoms with E-state index >= 15 is 0 Å². The number of anilines is 2. The minimum atomic E-state index is -2.67. The van der Waals surface area contributed by atoms with Gasteiger partial charge in [0.05, 0.1) is 22.4 Å². The molecular weight excluding hydrogens is 454 g/mol. The largest absolute Gasteiger partial charge is 0.396 e. The van der Waals surface area contributed by atoms with Crippen LogP contribution in [0.3, 0.4) is 0 Å². The molecule has 0 aliphatic carbocycles. The SMILES string of the molecule is Cc1ccc(Nc2ccc3c(c2)ncn3-c2ccc(CCO)c(-c3n[nH]c(C(F)F)c3C)n2)nn1. The monoisotopic (exact) mass is 476 g/mol. The Morgan fingerprint density at radius 3 is 2.63 bits per heavy atom. The van der Waals surface area contributed by atoms with Crippen molar-refractivity contribution in [2.75, 3.05) is 11.9 Å². The third-order valence-electron chi connectivity index (χ3n) is 5.70. The number of aromatic nitrogens is 7. The number of H-pyrrole nitrogens is 1. The second kappa shape index (κ2) is 9.18. The van der Waals surface area contributed by atoms with Gasteiger partial charge in [-0.3, -0.25) is 9.67 Å². The van der Waals surface area contributed by atoms with Crippen LogP contribution < -0.4 is 5.32 Å². The van der Waals surface area contributed by atoms with Crippen molar-refractivity contribution in [2.24, 2.45) is 0 Å². The standard InChI is InChI=1S/C24H22F2N8O/c1-13-3-7-19(31-30-13)28-16-5-6-18-17(11-16)27-12-34(18)20-8-4-15(9-10-35)23(29-20)21-14(2)22(24(25)26)33-32-21/h3-8,11-12,24,35H,9-10H2,1-2H3,(H,28,31)(H,32,33). The molecule has 3 N–H and O–H groups in total. The van der Waals surface area contributed by atoms with Crippen molar-refractivity contribution in [1.29, 1.82) is 0 Å². The number of fused-ring (bicyclic) bond motifs is 1. The number of aromatic amines is 1. The molecule has 35 heavy (non-hydrogen) atoms. The number of aliphatic hydroxyl groups excluding tert-OH is 1. The number of rotatable bonds is 7. The van der Waals surface area contributed by atoms with Crippen molar-refractivity contribution >= 4 is 22.5 Å². The van der Waals surface area contributed by atoms with Crippen LogP contribution in [0, 0.1) is 13.8 Å². The molecule has 0 spiro atoms. The van der Waals surface area contributed by atoms with Crippen LogP contribution in [0.1, 0.15) is 28.9 Å². The summed E-state index contributed by atoms with van der Waals surface area (Å²) in [6, 6.07) is 13.0. The molecule has 0 fully saturated rings. The Hall–Kier alpha value is -4.25. The second-order valence-electron chi connectivity index (χ2n) is 8.07. The third kappa shape index (κ3) is 4.33. The molecule has 1 aromatic carbocycles. The fourth-order valence-corrected chi connectivity index (χ4v) is 3.88. The summed E-state index contributed by atoms with van der Waals surface area (Å²) in [4.78, 5) is 9.24. The highest BCUT2D eigenvalue weighted by Gasteiger charge is 2.21. The Bertz CT molecular complexity index is 1490. The molecule has 0 bridgehead atoms. The zero-order chi connectivity index (χ0) is 24.5. The van der Waals surface area contributed by atoms with E-state index in [0.717, 1.165) is 22.4 Å². The first-order valence-electron chi connectivity index (χ1n) is 10.9. The molecule has 178 valence electrons. The molecule has 0 saturated heterocycles. The lowest BCUT2D eigenvalue weighted by molar-refractivity contribution is 0.145. The van der Waals surface area contributed by atoms with Gasteiger partial charge in [0.1, 0.15) is 23.5 Å². The van der Waals surface area contributed by atoms with Gasteiger partial charge in [-0.1, -0.05) is 6.07 Å². The first-order chi connectivity index (χ1) is 16.9. The zero-order valence-electron chi connectivity index (χ0n) is 19.0. The average Bonchev–Trinajstić information content (AvgIpc) is 3.44. The van der Waals surface area contributed by atoms with E-state index in [4.69, 9.17) is 4.98 Å². The highest BCUT2D eigenvalue weighted by molar-refractivity contribution is 5.82. The van der Waals surface area contributed by atoms with Gasteiger partial charge in [0.15, 0.2) is 5.82 Å². The van der Waals surface area contributed by atoms with Crippen LogP contribution in [0.15, 0.2) is 48.8 Å². The first kappa shape index (κ1) is 22.5. The van der Waals surface area contributed by atoms with Crippen molar-refractivity contribution in [3.63, 3.8) is 0 Å². The maximum atomic E-state index is 13.3. The number of nitrogens with zero attached hydrogens (tertiary/aromatic N) is 6. The van der Waals surface area contributed by atoms with Gasteiger partial charge in [-0.25, -0.2) is 18.7 Å². The third-order valence-corrected chi connectivity index (χ3v) is 5.70. The number of benzene rings is 1. The number of imidazole rings is 1. The summed E-state index contributed by atoms with van der Waals surface area (Å²) in [5, 5.41) is 27.4. The predicted molar refractivity (Wildman–Crippen MR) is 127 cm³/mol. The summed E-state index contributed by atoms with van der Waals surface area (Å²) in [6.45, 7) is 3.35. The molecular formula is C24H22F2N8O. The smallest absolute Gasteiger partial charge is 0.280 e. The number of alkyl halides is 2. The molecule has 0 saturated carbocycles. The Balaban J connectivity index is 1.53. The summed E-state index contributed by atoms with van der Waals surface area (Å²) < 4.78 is 28.4. The maximum absolute atomic E-state index is 13.3. The number of nitrogens with one attached hydrogen (secondary N) is 2. The van der Waals surface area contributed by atoms with E-state index < -0.39 is 6.43 Å². The van der Waals surface area contributed by atoms with Crippen molar-refractivity contribution < 1.29 is 13.9 Å². The molecule has 0 atom stereocenters. The van der Waals surface area contributed by atoms with Gasteiger partial charge in [-0.2, -0.15) is 10.2 Å². The first-order valence-corrected chi connectivity index (χ1v) is 10.9. The number of halogens is 2. The highest BCUT2D eigenvalue weighted by atomic mass is 19.3. The highest BCUT2D eigenvalue weighted by Crippen LogP contribution is 2.31. The van der Waals surface area contributed by atoms with Gasteiger partial charge >= 0.3 is 0 Å². The van der Waals surface area contributed by atoms with Gasteiger partial charge in [-0.05, 0) is 62.2 Å². The number of hydrogen-bond donors (Lipinski definition) is 3. The molecule has 0 aliphatic heterocycles. The number of aliphatic hydroxyl groups is 1. The summed E-state index contributed by atoms with van der Waals surface area (Å²) in [7, 11) is 0. The summed E-state index contributed by atoms with van der Waals surface area (Å²) in [6.07, 6.45) is -0.701. The van der Waals surface area contributed by atoms with Gasteiger partial charge in [0.25, 0.3) is 6.43 Å². The topological polar surface area (TPSA) is 117 Å². The average molecular weight is 476 g/mol. The lowest BCUT2D eigenvalue weighted by Gasteiger charge is -2.11. The van der Waals surface area contributed by atoms with E-state index in [2.05, 4.69) is 30.7 Å². The van der Waals surface area contributed by atoms with Gasteiger partial charge < -0.3 is 10.4 Å². The van der Waals surface area contributed by atoms with E-state index in [1.807, 2.05) is 47.9 Å². The number of hydrogen-bond acceptors (Lipinski definition) is 7. The van der Waals surface area contributed by atoms with E-state index in [9.17, 15) is 13.9 Å². The molecule has 11 heteroatoms. The summed E-state index contributed by atoms with van der Waals surface area (Å²) in [5.74, 6) is 1.17. The summed E-state index contributed by atoms with van der Waals surface area (Å²) >= 11 is 0. The van der Waals surface area contributed by atoms with Crippen LogP contribution in [0.4, 0.5) is 20.3 Å². The molecule has 5 aromatic rings. The van der Waals surface area contributed by atoms with Gasteiger partial charge in [-0.15, -0.1) is 5.10 Å². The van der Waals surface area contributed by atoms with Crippen LogP contribution in [0.25, 0.3) is 28.2 Å². The van der Waals surface area contributed by atoms with E-state index in [1.54, 1.807) is 19.3 Å². The van der Waals surface area contributed by atoms with Gasteiger partial charge in [0, 0.05) is 17.9 Å². The van der Waals surface area contributed by atoms with Crippen molar-refractivity contribution in [1.82, 2.24) is 34.9 Å². The molecule has 0 amide bonds. The second-order valence-corrected chi connectivity index (χ2v) is 8.07. The van der Waals surface area contributed by atoms with Crippen LogP contribution >= 0.6 is 0 Å². The number of pyridine rings is 1. The minimum absolute atomic E-state index is 0.103. The van der Waals surface area contributed by atoms with Crippen molar-refractivity contribution in [2.45, 2.75) is 26.7 Å². The fourth-order valence-electron chi connectivity index (χ4n) is 3.88. The van der Waals surface area contributed by atoms with Crippen molar-refractivity contribution in [3.05, 3.63) is 71.3 Å². The Kier molecular flexibility index (Phi) is 5.91. The molecule has 5 rings (SSSR count). The Morgan fingerprint density at radius 2 is 1.91 bits per heavy atom. The quantitative estimate of drug-likeness (QED) is 0.318. The molecule has 0 aliphatic rings. The number of aryl methyl sites for hydroxylation is 1. The Morgan fingerprint density at radius 1 is 1.06 bits per heavy atom. The lowest BCUT2D eigenvalue weighted by atomic mass is 10.0. The van der Waals surface area contributed by atoms with E-state index in [1.165, 1.54) is 0 Å². The lowest BCUT2D eigenvalue weighted by Crippen LogP contribution is -2.03. The summed E-state index contributed by atoms with van der Waals surface area (Å²) in [5.41, 5.74) is 4.75. The zero-order valence-corrected chi connectivity index (χ0v) is 19.0. The molecule has 9 nitrogen and oxygen atoms in total. The molecule has 0 radical (unpaired) electrons. The Labute approximate surface area is 198 Å². The van der Waals surface area contributed by atoms with Gasteiger partial charge in [0.2, 0.25) is 0 Å². The molecule has 4 heterocycles. The molecule has 4 aromatic heterocycles. The maximum Gasteiger partial charge on any atom is 0.280 e. The van der Waals surface area contributed by atoms with Crippen LogP contribution in [0.2, 0.25) is 0 Å². The predicted octanol–water partition coefficient (Wildman–Crippen LogP) is 4.43. The van der Waals surface area contributed by atoms with Crippen LogP contribution in [-0.4, -0.2) is 46.6 Å². The minimum Gasteiger partial charge on any atom is -0.396 e.